The van der Waals surface area contributed by atoms with Gasteiger partial charge < -0.3 is 9.64 Å². The average molecular weight is 440 g/mol. The Morgan fingerprint density at radius 1 is 1.06 bits per heavy atom. The second-order valence-corrected chi connectivity index (χ2v) is 9.82. The molecule has 0 atom stereocenters. The van der Waals surface area contributed by atoms with Crippen molar-refractivity contribution in [1.82, 2.24) is 14.7 Å². The molecule has 3 aliphatic carbocycles. The molecule has 2 heterocycles. The van der Waals surface area contributed by atoms with Crippen LogP contribution in [0.25, 0.3) is 0 Å². The van der Waals surface area contributed by atoms with Gasteiger partial charge in [0, 0.05) is 12.0 Å². The number of halogens is 1. The molecule has 0 N–H and O–H groups in total. The maximum absolute atomic E-state index is 13.7. The minimum Gasteiger partial charge on any atom is -0.469 e. The van der Waals surface area contributed by atoms with Crippen LogP contribution in [0.5, 0.6) is 0 Å². The number of hydrogen-bond acceptors (Lipinski definition) is 4. The predicted octanol–water partition coefficient (Wildman–Crippen LogP) is 3.78. The highest BCUT2D eigenvalue weighted by Gasteiger charge is 2.57. The van der Waals surface area contributed by atoms with Gasteiger partial charge in [-0.25, -0.2) is 4.39 Å². The molecule has 1 aromatic heterocycles. The number of carbonyl (C=O) groups excluding carboxylic acids is 2. The number of aromatic nitrogens is 2. The second kappa shape index (κ2) is 7.71. The molecule has 0 saturated heterocycles. The van der Waals surface area contributed by atoms with Gasteiger partial charge in [0.15, 0.2) is 0 Å². The Labute approximate surface area is 187 Å². The van der Waals surface area contributed by atoms with Crippen molar-refractivity contribution in [2.75, 3.05) is 13.7 Å². The van der Waals surface area contributed by atoms with Crippen molar-refractivity contribution in [3.63, 3.8) is 0 Å². The van der Waals surface area contributed by atoms with Crippen LogP contribution in [0.2, 0.25) is 0 Å². The predicted molar refractivity (Wildman–Crippen MR) is 116 cm³/mol. The largest absolute Gasteiger partial charge is 0.469 e. The van der Waals surface area contributed by atoms with E-state index in [1.165, 1.54) is 24.8 Å². The average Bonchev–Trinajstić information content (AvgIpc) is 3.15. The molecule has 1 aliphatic heterocycles. The lowest BCUT2D eigenvalue weighted by Crippen LogP contribution is -2.54. The van der Waals surface area contributed by atoms with Crippen LogP contribution >= 0.6 is 0 Å². The van der Waals surface area contributed by atoms with Crippen molar-refractivity contribution in [3.8, 4) is 0 Å². The Morgan fingerprint density at radius 3 is 2.31 bits per heavy atom. The molecule has 0 radical (unpaired) electrons. The summed E-state index contributed by atoms with van der Waals surface area (Å²) in [5.74, 6) is -0.130. The summed E-state index contributed by atoms with van der Waals surface area (Å²) in [6, 6.07) is 6.49. The van der Waals surface area contributed by atoms with Crippen molar-refractivity contribution < 1.29 is 18.7 Å². The lowest BCUT2D eigenvalue weighted by atomic mass is 9.53. The molecule has 4 aliphatic rings. The van der Waals surface area contributed by atoms with Gasteiger partial charge in [-0.3, -0.25) is 14.3 Å². The summed E-state index contributed by atoms with van der Waals surface area (Å²) in [6.07, 6.45) is 5.32. The molecule has 1 amide bonds. The molecule has 7 heteroatoms. The van der Waals surface area contributed by atoms with Crippen molar-refractivity contribution in [3.05, 3.63) is 52.6 Å². The first kappa shape index (κ1) is 21.2. The second-order valence-electron chi connectivity index (χ2n) is 9.82. The zero-order chi connectivity index (χ0) is 22.5. The Bertz CT molecular complexity index is 1030. The standard InChI is InChI=1S/C25H30FN3O3/c1-17-20-7-14-28(16-21(20)29(27-17)15-18-3-5-19(26)6-4-18)22(30)24-8-11-25(12-9-24,13-10-24)23(31)32-2/h3-6H,7-16H2,1-2H3. The third kappa shape index (κ3) is 3.33. The maximum Gasteiger partial charge on any atom is 0.311 e. The number of fused-ring (bicyclic) bond motifs is 4. The lowest BCUT2D eigenvalue weighted by molar-refractivity contribution is -0.170. The molecular formula is C25H30FN3O3. The molecule has 0 spiro atoms. The van der Waals surface area contributed by atoms with Crippen LogP contribution in [-0.4, -0.2) is 40.2 Å². The normalized spacial score (nSPS) is 26.7. The van der Waals surface area contributed by atoms with Crippen molar-refractivity contribution in [2.45, 2.75) is 65.0 Å². The monoisotopic (exact) mass is 439 g/mol. The Morgan fingerprint density at radius 2 is 1.69 bits per heavy atom. The Hall–Kier alpha value is -2.70. The number of carbonyl (C=O) groups is 2. The number of methoxy groups -OCH3 is 1. The molecule has 3 fully saturated rings. The summed E-state index contributed by atoms with van der Waals surface area (Å²) in [6.45, 7) is 3.84. The Balaban J connectivity index is 1.34. The molecule has 0 unspecified atom stereocenters. The van der Waals surface area contributed by atoms with Gasteiger partial charge in [0.05, 0.1) is 37.0 Å². The number of hydrogen-bond donors (Lipinski definition) is 0. The molecule has 6 nitrogen and oxygen atoms in total. The molecule has 2 bridgehead atoms. The zero-order valence-corrected chi connectivity index (χ0v) is 18.8. The summed E-state index contributed by atoms with van der Waals surface area (Å²) in [5.41, 5.74) is 3.58. The third-order valence-electron chi connectivity index (χ3n) is 8.19. The number of aryl methyl sites for hydroxylation is 1. The lowest BCUT2D eigenvalue weighted by Gasteiger charge is -2.52. The van der Waals surface area contributed by atoms with Crippen LogP contribution in [0, 0.1) is 23.6 Å². The van der Waals surface area contributed by atoms with Crippen molar-refractivity contribution in [2.24, 2.45) is 10.8 Å². The maximum atomic E-state index is 13.7. The molecule has 3 saturated carbocycles. The summed E-state index contributed by atoms with van der Waals surface area (Å²) in [4.78, 5) is 28.1. The van der Waals surface area contributed by atoms with E-state index in [1.807, 2.05) is 16.5 Å². The smallest absolute Gasteiger partial charge is 0.311 e. The third-order valence-corrected chi connectivity index (χ3v) is 8.19. The van der Waals surface area contributed by atoms with E-state index in [0.717, 1.165) is 61.9 Å². The van der Waals surface area contributed by atoms with E-state index in [-0.39, 0.29) is 28.5 Å². The molecule has 1 aromatic carbocycles. The van der Waals surface area contributed by atoms with Crippen LogP contribution in [0.1, 0.15) is 61.0 Å². The quantitative estimate of drug-likeness (QED) is 0.681. The molecular weight excluding hydrogens is 409 g/mol. The minimum absolute atomic E-state index is 0.110. The van der Waals surface area contributed by atoms with E-state index in [1.54, 1.807) is 12.1 Å². The van der Waals surface area contributed by atoms with Crippen LogP contribution in [0.15, 0.2) is 24.3 Å². The highest BCUT2D eigenvalue weighted by atomic mass is 19.1. The van der Waals surface area contributed by atoms with Gasteiger partial charge in [-0.1, -0.05) is 12.1 Å². The van der Waals surface area contributed by atoms with Crippen LogP contribution in [0.3, 0.4) is 0 Å². The van der Waals surface area contributed by atoms with Gasteiger partial charge in [-0.15, -0.1) is 0 Å². The molecule has 2 aromatic rings. The van der Waals surface area contributed by atoms with E-state index in [0.29, 0.717) is 19.6 Å². The first-order valence-electron chi connectivity index (χ1n) is 11.5. The van der Waals surface area contributed by atoms with E-state index < -0.39 is 0 Å². The van der Waals surface area contributed by atoms with E-state index in [2.05, 4.69) is 0 Å². The summed E-state index contributed by atoms with van der Waals surface area (Å²) in [7, 11) is 1.46. The molecule has 170 valence electrons. The minimum atomic E-state index is -0.378. The van der Waals surface area contributed by atoms with Gasteiger partial charge in [-0.05, 0) is 75.1 Å². The van der Waals surface area contributed by atoms with Gasteiger partial charge in [-0.2, -0.15) is 5.10 Å². The van der Waals surface area contributed by atoms with Gasteiger partial charge >= 0.3 is 5.97 Å². The number of benzene rings is 1. The highest BCUT2D eigenvalue weighted by molar-refractivity contribution is 5.85. The summed E-state index contributed by atoms with van der Waals surface area (Å²) < 4.78 is 20.3. The Kier molecular flexibility index (Phi) is 5.10. The first-order chi connectivity index (χ1) is 15.4. The van der Waals surface area contributed by atoms with Gasteiger partial charge in [0.1, 0.15) is 5.82 Å². The summed E-state index contributed by atoms with van der Waals surface area (Å²) >= 11 is 0. The van der Waals surface area contributed by atoms with Crippen molar-refractivity contribution in [1.29, 1.82) is 0 Å². The number of ether oxygens (including phenoxy) is 1. The topological polar surface area (TPSA) is 64.4 Å². The number of rotatable bonds is 4. The van der Waals surface area contributed by atoms with Crippen LogP contribution in [-0.2, 0) is 33.8 Å². The van der Waals surface area contributed by atoms with Crippen LogP contribution in [0.4, 0.5) is 4.39 Å². The van der Waals surface area contributed by atoms with Gasteiger partial charge in [0.25, 0.3) is 0 Å². The van der Waals surface area contributed by atoms with Crippen molar-refractivity contribution >= 4 is 11.9 Å². The fraction of sp³-hybridized carbons (Fsp3) is 0.560. The first-order valence-corrected chi connectivity index (χ1v) is 11.5. The van der Waals surface area contributed by atoms with E-state index in [4.69, 9.17) is 9.84 Å². The van der Waals surface area contributed by atoms with E-state index in [9.17, 15) is 14.0 Å². The van der Waals surface area contributed by atoms with E-state index >= 15 is 0 Å². The van der Waals surface area contributed by atoms with Crippen LogP contribution < -0.4 is 0 Å². The van der Waals surface area contributed by atoms with Gasteiger partial charge in [0.2, 0.25) is 5.91 Å². The highest BCUT2D eigenvalue weighted by Crippen LogP contribution is 2.58. The summed E-state index contributed by atoms with van der Waals surface area (Å²) in [5, 5.41) is 4.73. The molecule has 32 heavy (non-hydrogen) atoms. The fourth-order valence-electron chi connectivity index (χ4n) is 6.11. The fourth-order valence-corrected chi connectivity index (χ4v) is 6.11. The number of esters is 1. The number of nitrogens with zero attached hydrogens (tertiary/aromatic N) is 3. The molecule has 6 rings (SSSR count). The zero-order valence-electron chi connectivity index (χ0n) is 18.8. The SMILES string of the molecule is COC(=O)C12CCC(C(=O)N3CCc4c(C)nn(Cc5ccc(F)cc5)c4C3)(CC1)CC2. The number of amides is 1.